The summed E-state index contributed by atoms with van der Waals surface area (Å²) in [7, 11) is 2.02. The lowest BCUT2D eigenvalue weighted by atomic mass is 10.3. The predicted octanol–water partition coefficient (Wildman–Crippen LogP) is 2.54. The lowest BCUT2D eigenvalue weighted by Gasteiger charge is -2.20. The van der Waals surface area contributed by atoms with Gasteiger partial charge in [0.25, 0.3) is 0 Å². The number of hydrogen-bond donors (Lipinski definition) is 0. The summed E-state index contributed by atoms with van der Waals surface area (Å²) in [6, 6.07) is 6.95. The van der Waals surface area contributed by atoms with Crippen molar-refractivity contribution in [3.05, 3.63) is 30.1 Å². The van der Waals surface area contributed by atoms with Crippen molar-refractivity contribution in [2.45, 2.75) is 19.9 Å². The van der Waals surface area contributed by atoms with Crippen molar-refractivity contribution in [3.8, 4) is 5.75 Å². The van der Waals surface area contributed by atoms with Crippen LogP contribution in [0.3, 0.4) is 0 Å². The Bertz CT molecular complexity index is 301. The number of ether oxygens (including phenoxy) is 1. The summed E-state index contributed by atoms with van der Waals surface area (Å²) in [6.45, 7) is 5.54. The highest BCUT2D eigenvalue weighted by atomic mass is 19.1. The third-order valence-electron chi connectivity index (χ3n) is 2.42. The third kappa shape index (κ3) is 3.88. The SMILES string of the molecule is CC(C)N(C)CCOc1ccccc1F. The molecule has 1 aromatic rings. The summed E-state index contributed by atoms with van der Waals surface area (Å²) >= 11 is 0. The second kappa shape index (κ2) is 5.71. The first-order chi connectivity index (χ1) is 7.11. The van der Waals surface area contributed by atoms with Gasteiger partial charge >= 0.3 is 0 Å². The fourth-order valence-electron chi connectivity index (χ4n) is 1.12. The van der Waals surface area contributed by atoms with Crippen LogP contribution in [0, 0.1) is 5.82 Å². The van der Waals surface area contributed by atoms with Gasteiger partial charge < -0.3 is 9.64 Å². The van der Waals surface area contributed by atoms with Crippen LogP contribution < -0.4 is 4.74 Å². The van der Waals surface area contributed by atoms with Crippen molar-refractivity contribution in [1.29, 1.82) is 0 Å². The zero-order valence-electron chi connectivity index (χ0n) is 9.53. The third-order valence-corrected chi connectivity index (χ3v) is 2.42. The van der Waals surface area contributed by atoms with E-state index in [1.54, 1.807) is 18.2 Å². The maximum Gasteiger partial charge on any atom is 0.165 e. The molecule has 0 unspecified atom stereocenters. The first kappa shape index (κ1) is 12.0. The predicted molar refractivity (Wildman–Crippen MR) is 59.7 cm³/mol. The van der Waals surface area contributed by atoms with Gasteiger partial charge in [0.15, 0.2) is 11.6 Å². The molecule has 2 nitrogen and oxygen atoms in total. The lowest BCUT2D eigenvalue weighted by molar-refractivity contribution is 0.204. The Morgan fingerprint density at radius 3 is 2.60 bits per heavy atom. The average Bonchev–Trinajstić information content (AvgIpc) is 2.20. The Labute approximate surface area is 90.7 Å². The van der Waals surface area contributed by atoms with Gasteiger partial charge in [0.2, 0.25) is 0 Å². The van der Waals surface area contributed by atoms with Gasteiger partial charge in [-0.15, -0.1) is 0 Å². The quantitative estimate of drug-likeness (QED) is 0.742. The Morgan fingerprint density at radius 1 is 1.33 bits per heavy atom. The number of nitrogens with zero attached hydrogens (tertiary/aromatic N) is 1. The molecule has 0 heterocycles. The smallest absolute Gasteiger partial charge is 0.165 e. The van der Waals surface area contributed by atoms with E-state index in [4.69, 9.17) is 4.74 Å². The molecule has 0 N–H and O–H groups in total. The topological polar surface area (TPSA) is 12.5 Å². The molecule has 1 aromatic carbocycles. The van der Waals surface area contributed by atoms with Crippen LogP contribution in [0.1, 0.15) is 13.8 Å². The number of para-hydroxylation sites is 1. The van der Waals surface area contributed by atoms with Gasteiger partial charge in [-0.3, -0.25) is 0 Å². The molecule has 84 valence electrons. The maximum absolute atomic E-state index is 13.1. The minimum atomic E-state index is -0.301. The lowest BCUT2D eigenvalue weighted by Crippen LogP contribution is -2.30. The van der Waals surface area contributed by atoms with E-state index in [0.29, 0.717) is 18.4 Å². The maximum atomic E-state index is 13.1. The van der Waals surface area contributed by atoms with E-state index in [-0.39, 0.29) is 5.82 Å². The van der Waals surface area contributed by atoms with E-state index in [1.807, 2.05) is 7.05 Å². The molecule has 0 atom stereocenters. The summed E-state index contributed by atoms with van der Waals surface area (Å²) in [5, 5.41) is 0. The molecule has 0 saturated carbocycles. The zero-order valence-corrected chi connectivity index (χ0v) is 9.53. The highest BCUT2D eigenvalue weighted by Gasteiger charge is 2.04. The molecular formula is C12H18FNO. The van der Waals surface area contributed by atoms with Crippen LogP contribution >= 0.6 is 0 Å². The van der Waals surface area contributed by atoms with Crippen LogP contribution in [-0.2, 0) is 0 Å². The normalized spacial score (nSPS) is 11.1. The fraction of sp³-hybridized carbons (Fsp3) is 0.500. The van der Waals surface area contributed by atoms with Crippen molar-refractivity contribution in [3.63, 3.8) is 0 Å². The zero-order chi connectivity index (χ0) is 11.3. The summed E-state index contributed by atoms with van der Waals surface area (Å²) in [4.78, 5) is 2.15. The molecule has 0 radical (unpaired) electrons. The van der Waals surface area contributed by atoms with Crippen molar-refractivity contribution >= 4 is 0 Å². The Morgan fingerprint density at radius 2 is 2.00 bits per heavy atom. The minimum Gasteiger partial charge on any atom is -0.489 e. The largest absolute Gasteiger partial charge is 0.489 e. The van der Waals surface area contributed by atoms with E-state index >= 15 is 0 Å². The molecule has 0 aliphatic heterocycles. The van der Waals surface area contributed by atoms with Gasteiger partial charge in [0.05, 0.1) is 0 Å². The van der Waals surface area contributed by atoms with Gasteiger partial charge in [0, 0.05) is 12.6 Å². The fourth-order valence-corrected chi connectivity index (χ4v) is 1.12. The highest BCUT2D eigenvalue weighted by molar-refractivity contribution is 5.23. The van der Waals surface area contributed by atoms with E-state index < -0.39 is 0 Å². The average molecular weight is 211 g/mol. The molecule has 15 heavy (non-hydrogen) atoms. The highest BCUT2D eigenvalue weighted by Crippen LogP contribution is 2.14. The first-order valence-corrected chi connectivity index (χ1v) is 5.19. The minimum absolute atomic E-state index is 0.301. The molecular weight excluding hydrogens is 193 g/mol. The van der Waals surface area contributed by atoms with Crippen LogP contribution in [0.4, 0.5) is 4.39 Å². The number of rotatable bonds is 5. The Kier molecular flexibility index (Phi) is 4.56. The van der Waals surface area contributed by atoms with E-state index in [2.05, 4.69) is 18.7 Å². The molecule has 3 heteroatoms. The molecule has 0 saturated heterocycles. The number of hydrogen-bond acceptors (Lipinski definition) is 2. The van der Waals surface area contributed by atoms with Crippen LogP contribution in [0.5, 0.6) is 5.75 Å². The van der Waals surface area contributed by atoms with Crippen LogP contribution in [0.25, 0.3) is 0 Å². The second-order valence-electron chi connectivity index (χ2n) is 3.85. The van der Waals surface area contributed by atoms with Crippen molar-refractivity contribution < 1.29 is 9.13 Å². The summed E-state index contributed by atoms with van der Waals surface area (Å²) in [6.07, 6.45) is 0. The van der Waals surface area contributed by atoms with Crippen LogP contribution in [-0.4, -0.2) is 31.1 Å². The van der Waals surface area contributed by atoms with Crippen molar-refractivity contribution in [1.82, 2.24) is 4.90 Å². The standard InChI is InChI=1S/C12H18FNO/c1-10(2)14(3)8-9-15-12-7-5-4-6-11(12)13/h4-7,10H,8-9H2,1-3H3. The van der Waals surface area contributed by atoms with Crippen LogP contribution in [0.2, 0.25) is 0 Å². The van der Waals surface area contributed by atoms with Gasteiger partial charge in [-0.1, -0.05) is 12.1 Å². The summed E-state index contributed by atoms with van der Waals surface area (Å²) < 4.78 is 18.5. The van der Waals surface area contributed by atoms with Crippen molar-refractivity contribution in [2.24, 2.45) is 0 Å². The number of likely N-dealkylation sites (N-methyl/N-ethyl adjacent to an activating group) is 1. The van der Waals surface area contributed by atoms with Gasteiger partial charge in [0.1, 0.15) is 6.61 Å². The molecule has 0 amide bonds. The molecule has 0 spiro atoms. The molecule has 0 fully saturated rings. The number of benzene rings is 1. The Hall–Kier alpha value is -1.09. The molecule has 0 aliphatic carbocycles. The first-order valence-electron chi connectivity index (χ1n) is 5.19. The van der Waals surface area contributed by atoms with Crippen molar-refractivity contribution in [2.75, 3.05) is 20.2 Å². The monoisotopic (exact) mass is 211 g/mol. The van der Waals surface area contributed by atoms with E-state index in [0.717, 1.165) is 6.54 Å². The van der Waals surface area contributed by atoms with Gasteiger partial charge in [-0.2, -0.15) is 0 Å². The molecule has 0 bridgehead atoms. The van der Waals surface area contributed by atoms with E-state index in [1.165, 1.54) is 6.07 Å². The van der Waals surface area contributed by atoms with Gasteiger partial charge in [-0.25, -0.2) is 4.39 Å². The van der Waals surface area contributed by atoms with Gasteiger partial charge in [-0.05, 0) is 33.0 Å². The number of halogens is 1. The second-order valence-corrected chi connectivity index (χ2v) is 3.85. The van der Waals surface area contributed by atoms with Crippen LogP contribution in [0.15, 0.2) is 24.3 Å². The molecule has 1 rings (SSSR count). The molecule has 0 aromatic heterocycles. The summed E-state index contributed by atoms with van der Waals surface area (Å²) in [5.74, 6) is 0.0272. The van der Waals surface area contributed by atoms with E-state index in [9.17, 15) is 4.39 Å². The Balaban J connectivity index is 2.35. The summed E-state index contributed by atoms with van der Waals surface area (Å²) in [5.41, 5.74) is 0. The molecule has 0 aliphatic rings.